The molecule has 1 amide bonds. The van der Waals surface area contributed by atoms with Gasteiger partial charge in [-0.1, -0.05) is 20.8 Å². The highest BCUT2D eigenvalue weighted by Crippen LogP contribution is 2.11. The van der Waals surface area contributed by atoms with Gasteiger partial charge >= 0.3 is 12.1 Å². The van der Waals surface area contributed by atoms with Gasteiger partial charge < -0.3 is 25.0 Å². The highest BCUT2D eigenvalue weighted by molar-refractivity contribution is 14.0. The lowest BCUT2D eigenvalue weighted by atomic mass is 10.0. The van der Waals surface area contributed by atoms with Crippen LogP contribution < -0.4 is 10.6 Å². The van der Waals surface area contributed by atoms with Crippen LogP contribution in [0.5, 0.6) is 0 Å². The summed E-state index contributed by atoms with van der Waals surface area (Å²) in [6.07, 6.45) is 0.332. The zero-order valence-electron chi connectivity index (χ0n) is 18.8. The zero-order chi connectivity index (χ0) is 21.2. The molecule has 0 aromatic rings. The number of rotatable bonds is 8. The number of amides is 1. The van der Waals surface area contributed by atoms with E-state index in [0.717, 1.165) is 6.42 Å². The third-order valence-electron chi connectivity index (χ3n) is 4.03. The molecule has 2 unspecified atom stereocenters. The first-order valence-corrected chi connectivity index (χ1v) is 9.40. The maximum absolute atomic E-state index is 12.1. The normalized spacial score (nSPS) is 13.9. The molecule has 0 heterocycles. The first-order valence-electron chi connectivity index (χ1n) is 9.40. The third-order valence-corrected chi connectivity index (χ3v) is 4.03. The van der Waals surface area contributed by atoms with Crippen LogP contribution in [0.4, 0.5) is 4.79 Å². The summed E-state index contributed by atoms with van der Waals surface area (Å²) in [6.45, 7) is 12.6. The summed E-state index contributed by atoms with van der Waals surface area (Å²) in [5, 5.41) is 6.12. The van der Waals surface area contributed by atoms with Crippen LogP contribution in [0.2, 0.25) is 0 Å². The van der Waals surface area contributed by atoms with Gasteiger partial charge in [-0.05, 0) is 33.1 Å². The maximum Gasteiger partial charge on any atom is 0.407 e. The van der Waals surface area contributed by atoms with E-state index in [4.69, 9.17) is 9.47 Å². The van der Waals surface area contributed by atoms with Crippen molar-refractivity contribution in [2.75, 3.05) is 34.3 Å². The van der Waals surface area contributed by atoms with Crippen LogP contribution in [0.3, 0.4) is 0 Å². The second kappa shape index (κ2) is 13.8. The summed E-state index contributed by atoms with van der Waals surface area (Å²) in [6, 6.07) is -0.0191. The Morgan fingerprint density at radius 2 is 1.75 bits per heavy atom. The van der Waals surface area contributed by atoms with Gasteiger partial charge in [0, 0.05) is 33.2 Å². The lowest BCUT2D eigenvalue weighted by Crippen LogP contribution is -2.46. The Bertz CT molecular complexity index is 507. The van der Waals surface area contributed by atoms with Crippen molar-refractivity contribution < 1.29 is 19.1 Å². The maximum atomic E-state index is 12.1. The number of nitrogens with zero attached hydrogens (tertiary/aromatic N) is 2. The highest BCUT2D eigenvalue weighted by Gasteiger charge is 2.22. The van der Waals surface area contributed by atoms with E-state index in [1.165, 1.54) is 7.11 Å². The number of carbonyl (C=O) groups is 2. The average Bonchev–Trinajstić information content (AvgIpc) is 2.56. The highest BCUT2D eigenvalue weighted by atomic mass is 127. The Balaban J connectivity index is 0. The minimum absolute atomic E-state index is 0. The van der Waals surface area contributed by atoms with E-state index in [0.29, 0.717) is 19.0 Å². The number of nitrogens with one attached hydrogen (secondary N) is 2. The first-order chi connectivity index (χ1) is 12.4. The molecule has 2 N–H and O–H groups in total. The van der Waals surface area contributed by atoms with Crippen LogP contribution in [0.15, 0.2) is 4.99 Å². The third kappa shape index (κ3) is 12.2. The standard InChI is InChI=1S/C19H38N4O4.HI/c1-13(2)15(22-18(25)27-19(4,5)6)10-11-23(8)17(20-7)21-12-14(3)16(24)26-9;/h13-15H,10-12H2,1-9H3,(H,20,21)(H,22,25);1H. The number of methoxy groups -OCH3 is 1. The van der Waals surface area contributed by atoms with E-state index in [-0.39, 0.29) is 47.8 Å². The minimum atomic E-state index is -0.523. The molecule has 0 radical (unpaired) electrons. The van der Waals surface area contributed by atoms with Gasteiger partial charge in [0.15, 0.2) is 5.96 Å². The molecule has 166 valence electrons. The van der Waals surface area contributed by atoms with E-state index in [9.17, 15) is 9.59 Å². The van der Waals surface area contributed by atoms with Gasteiger partial charge in [-0.3, -0.25) is 9.79 Å². The molecule has 9 heteroatoms. The van der Waals surface area contributed by atoms with E-state index in [2.05, 4.69) is 29.5 Å². The predicted octanol–water partition coefficient (Wildman–Crippen LogP) is 2.86. The van der Waals surface area contributed by atoms with Crippen molar-refractivity contribution in [3.05, 3.63) is 0 Å². The topological polar surface area (TPSA) is 92.3 Å². The Morgan fingerprint density at radius 3 is 2.18 bits per heavy atom. The van der Waals surface area contributed by atoms with E-state index in [1.54, 1.807) is 14.0 Å². The number of guanidine groups is 1. The van der Waals surface area contributed by atoms with E-state index in [1.807, 2.05) is 32.7 Å². The van der Waals surface area contributed by atoms with Gasteiger partial charge in [0.25, 0.3) is 0 Å². The number of halogens is 1. The lowest BCUT2D eigenvalue weighted by Gasteiger charge is -2.28. The molecule has 8 nitrogen and oxygen atoms in total. The molecule has 0 aromatic heterocycles. The fraction of sp³-hybridized carbons (Fsp3) is 0.842. The van der Waals surface area contributed by atoms with Gasteiger partial charge in [-0.2, -0.15) is 0 Å². The molecular weight excluding hydrogens is 475 g/mol. The van der Waals surface area contributed by atoms with Crippen molar-refractivity contribution in [3.63, 3.8) is 0 Å². The summed E-state index contributed by atoms with van der Waals surface area (Å²) in [7, 11) is 4.99. The molecule has 0 bridgehead atoms. The van der Waals surface area contributed by atoms with E-state index >= 15 is 0 Å². The van der Waals surface area contributed by atoms with Gasteiger partial charge in [0.2, 0.25) is 0 Å². The number of hydrogen-bond acceptors (Lipinski definition) is 5. The summed E-state index contributed by atoms with van der Waals surface area (Å²) in [4.78, 5) is 29.8. The van der Waals surface area contributed by atoms with Crippen LogP contribution in [0, 0.1) is 11.8 Å². The summed E-state index contributed by atoms with van der Waals surface area (Å²) >= 11 is 0. The monoisotopic (exact) mass is 514 g/mol. The van der Waals surface area contributed by atoms with Gasteiger partial charge in [-0.25, -0.2) is 4.79 Å². The fourth-order valence-corrected chi connectivity index (χ4v) is 2.38. The number of ether oxygens (including phenoxy) is 2. The Hall–Kier alpha value is -1.26. The number of alkyl carbamates (subject to hydrolysis) is 1. The van der Waals surface area contributed by atoms with Crippen LogP contribution >= 0.6 is 24.0 Å². The molecule has 0 rings (SSSR count). The Morgan fingerprint density at radius 1 is 1.18 bits per heavy atom. The zero-order valence-corrected chi connectivity index (χ0v) is 21.1. The second-order valence-electron chi connectivity index (χ2n) is 8.06. The lowest BCUT2D eigenvalue weighted by molar-refractivity contribution is -0.144. The average molecular weight is 514 g/mol. The number of hydrogen-bond donors (Lipinski definition) is 2. The number of esters is 1. The molecule has 0 saturated carbocycles. The van der Waals surface area contributed by atoms with Crippen LogP contribution in [0.25, 0.3) is 0 Å². The molecular formula is C19H39IN4O4. The molecule has 0 spiro atoms. The van der Waals surface area contributed by atoms with E-state index < -0.39 is 11.7 Å². The summed E-state index contributed by atoms with van der Waals surface area (Å²) in [5.74, 6) is 0.421. The second-order valence-corrected chi connectivity index (χ2v) is 8.06. The fourth-order valence-electron chi connectivity index (χ4n) is 2.38. The van der Waals surface area contributed by atoms with Crippen molar-refractivity contribution in [1.82, 2.24) is 15.5 Å². The van der Waals surface area contributed by atoms with Gasteiger partial charge in [-0.15, -0.1) is 24.0 Å². The quantitative estimate of drug-likeness (QED) is 0.224. The molecule has 0 saturated heterocycles. The minimum Gasteiger partial charge on any atom is -0.469 e. The molecule has 0 aliphatic rings. The number of aliphatic imine (C=N–C) groups is 1. The SMILES string of the molecule is CN=C(NCC(C)C(=O)OC)N(C)CCC(NC(=O)OC(C)(C)C)C(C)C.I. The van der Waals surface area contributed by atoms with Gasteiger partial charge in [0.1, 0.15) is 5.60 Å². The molecule has 0 fully saturated rings. The van der Waals surface area contributed by atoms with Crippen molar-refractivity contribution >= 4 is 42.0 Å². The smallest absolute Gasteiger partial charge is 0.407 e. The Labute approximate surface area is 187 Å². The summed E-state index contributed by atoms with van der Waals surface area (Å²) in [5.41, 5.74) is -0.523. The van der Waals surface area contributed by atoms with Crippen LogP contribution in [-0.2, 0) is 14.3 Å². The Kier molecular flexibility index (Phi) is 14.3. The first kappa shape index (κ1) is 28.9. The van der Waals surface area contributed by atoms with Crippen molar-refractivity contribution in [1.29, 1.82) is 0 Å². The number of carbonyl (C=O) groups excluding carboxylic acids is 2. The van der Waals surface area contributed by atoms with Crippen molar-refractivity contribution in [3.8, 4) is 0 Å². The molecule has 2 atom stereocenters. The van der Waals surface area contributed by atoms with Crippen molar-refractivity contribution in [2.24, 2.45) is 16.8 Å². The summed E-state index contributed by atoms with van der Waals surface area (Å²) < 4.78 is 10.1. The van der Waals surface area contributed by atoms with Crippen molar-refractivity contribution in [2.45, 2.75) is 59.6 Å². The predicted molar refractivity (Wildman–Crippen MR) is 123 cm³/mol. The molecule has 0 aliphatic heterocycles. The van der Waals surface area contributed by atoms with Gasteiger partial charge in [0.05, 0.1) is 13.0 Å². The largest absolute Gasteiger partial charge is 0.469 e. The molecule has 0 aromatic carbocycles. The molecule has 0 aliphatic carbocycles. The van der Waals surface area contributed by atoms with Crippen LogP contribution in [-0.4, -0.2) is 68.9 Å². The molecule has 28 heavy (non-hydrogen) atoms. The van der Waals surface area contributed by atoms with Crippen LogP contribution in [0.1, 0.15) is 48.0 Å².